The lowest BCUT2D eigenvalue weighted by molar-refractivity contribution is -0.137. The molecule has 4 rings (SSSR count). The van der Waals surface area contributed by atoms with Crippen LogP contribution in [0.15, 0.2) is 0 Å². The molecule has 1 aliphatic heterocycles. The molecule has 4 aliphatic rings. The lowest BCUT2D eigenvalue weighted by atomic mass is 9.47. The Kier molecular flexibility index (Phi) is 13.1. The Morgan fingerprint density at radius 3 is 1.95 bits per heavy atom. The first-order valence-electron chi connectivity index (χ1n) is 18.9. The van der Waals surface area contributed by atoms with Gasteiger partial charge in [-0.15, -0.1) is 0 Å². The summed E-state index contributed by atoms with van der Waals surface area (Å²) in [5, 5.41) is 6.84. The van der Waals surface area contributed by atoms with Gasteiger partial charge in [0.2, 0.25) is 11.8 Å². The highest BCUT2D eigenvalue weighted by Gasteiger charge is 2.60. The molecule has 42 heavy (non-hydrogen) atoms. The van der Waals surface area contributed by atoms with Gasteiger partial charge in [-0.05, 0) is 92.8 Å². The first-order valence-corrected chi connectivity index (χ1v) is 18.9. The maximum absolute atomic E-state index is 12.9. The molecule has 0 radical (unpaired) electrons. The quantitative estimate of drug-likeness (QED) is 0.158. The summed E-state index contributed by atoms with van der Waals surface area (Å²) in [5.74, 6) is 3.49. The van der Waals surface area contributed by atoms with E-state index in [-0.39, 0.29) is 23.3 Å². The van der Waals surface area contributed by atoms with E-state index in [1.54, 1.807) is 0 Å². The van der Waals surface area contributed by atoms with E-state index in [0.717, 1.165) is 37.0 Å². The minimum absolute atomic E-state index is 0.270. The van der Waals surface area contributed by atoms with Crippen LogP contribution in [0.1, 0.15) is 182 Å². The number of amides is 2. The van der Waals surface area contributed by atoms with Crippen molar-refractivity contribution in [1.29, 1.82) is 0 Å². The summed E-state index contributed by atoms with van der Waals surface area (Å²) in [7, 11) is 0. The molecule has 4 fully saturated rings. The van der Waals surface area contributed by atoms with E-state index in [2.05, 4.69) is 38.3 Å². The van der Waals surface area contributed by atoms with Crippen LogP contribution in [-0.2, 0) is 9.59 Å². The van der Waals surface area contributed by atoms with Crippen LogP contribution in [0.2, 0.25) is 0 Å². The van der Waals surface area contributed by atoms with Gasteiger partial charge in [0.25, 0.3) is 0 Å². The molecular formula is C38H68N2O2. The van der Waals surface area contributed by atoms with Gasteiger partial charge in [-0.1, -0.05) is 111 Å². The van der Waals surface area contributed by atoms with Crippen LogP contribution in [0.3, 0.4) is 0 Å². The van der Waals surface area contributed by atoms with Gasteiger partial charge in [0.1, 0.15) is 0 Å². The lowest BCUT2D eigenvalue weighted by Gasteiger charge is -2.60. The summed E-state index contributed by atoms with van der Waals surface area (Å²) in [5.41, 5.74) is 0.632. The van der Waals surface area contributed by atoms with Crippen LogP contribution in [-0.4, -0.2) is 23.9 Å². The number of fused-ring (bicyclic) bond motifs is 5. The first-order chi connectivity index (χ1) is 20.3. The highest BCUT2D eigenvalue weighted by atomic mass is 16.2. The largest absolute Gasteiger partial charge is 0.353 e. The summed E-state index contributed by atoms with van der Waals surface area (Å²) >= 11 is 0. The van der Waals surface area contributed by atoms with Crippen molar-refractivity contribution >= 4 is 11.8 Å². The predicted octanol–water partition coefficient (Wildman–Crippen LogP) is 9.89. The zero-order chi connectivity index (χ0) is 30.0. The normalized spacial score (nSPS) is 34.7. The summed E-state index contributed by atoms with van der Waals surface area (Å²) in [6.45, 7) is 9.65. The molecule has 0 aromatic rings. The third-order valence-corrected chi connectivity index (χ3v) is 13.2. The summed E-state index contributed by atoms with van der Waals surface area (Å²) in [6, 6.07) is 0.667. The van der Waals surface area contributed by atoms with Gasteiger partial charge in [0.15, 0.2) is 0 Å². The molecule has 2 unspecified atom stereocenters. The van der Waals surface area contributed by atoms with Crippen LogP contribution in [0, 0.1) is 34.5 Å². The maximum atomic E-state index is 12.9. The van der Waals surface area contributed by atoms with E-state index in [1.165, 1.54) is 122 Å². The van der Waals surface area contributed by atoms with E-state index in [9.17, 15) is 9.59 Å². The molecule has 0 aromatic carbocycles. The average molecular weight is 585 g/mol. The van der Waals surface area contributed by atoms with E-state index >= 15 is 0 Å². The molecule has 4 nitrogen and oxygen atoms in total. The van der Waals surface area contributed by atoms with Gasteiger partial charge in [0.05, 0.1) is 0 Å². The molecule has 242 valence electrons. The lowest BCUT2D eigenvalue weighted by Crippen LogP contribution is -2.61. The van der Waals surface area contributed by atoms with Crippen LogP contribution < -0.4 is 10.6 Å². The number of unbranched alkanes of at least 4 members (excludes halogenated alkanes) is 14. The Labute approximate surface area is 260 Å². The fourth-order valence-corrected chi connectivity index (χ4v) is 10.6. The van der Waals surface area contributed by atoms with Gasteiger partial charge in [0, 0.05) is 24.9 Å². The fraction of sp³-hybridized carbons (Fsp3) is 0.947. The molecule has 2 N–H and O–H groups in total. The number of nitrogens with one attached hydrogen (secondary N) is 2. The Morgan fingerprint density at radius 2 is 1.33 bits per heavy atom. The number of carbonyl (C=O) groups excluding carboxylic acids is 2. The molecule has 2 amide bonds. The van der Waals surface area contributed by atoms with Gasteiger partial charge in [-0.3, -0.25) is 9.59 Å². The highest BCUT2D eigenvalue weighted by Crippen LogP contribution is 2.66. The number of carbonyl (C=O) groups is 2. The number of piperidine rings is 1. The molecule has 1 heterocycles. The Hall–Kier alpha value is -1.06. The van der Waals surface area contributed by atoms with Crippen LogP contribution >= 0.6 is 0 Å². The van der Waals surface area contributed by atoms with E-state index in [4.69, 9.17) is 0 Å². The summed E-state index contributed by atoms with van der Waals surface area (Å²) in [4.78, 5) is 25.0. The van der Waals surface area contributed by atoms with Gasteiger partial charge < -0.3 is 10.6 Å². The second-order valence-corrected chi connectivity index (χ2v) is 15.9. The van der Waals surface area contributed by atoms with E-state index in [1.807, 2.05) is 0 Å². The van der Waals surface area contributed by atoms with Crippen molar-refractivity contribution in [3.63, 3.8) is 0 Å². The molecule has 4 heteroatoms. The molecule has 0 aromatic heterocycles. The zero-order valence-electron chi connectivity index (χ0n) is 28.3. The third-order valence-electron chi connectivity index (χ3n) is 13.2. The van der Waals surface area contributed by atoms with Crippen LogP contribution in [0.5, 0.6) is 0 Å². The Morgan fingerprint density at radius 1 is 0.762 bits per heavy atom. The van der Waals surface area contributed by atoms with Gasteiger partial charge in [-0.25, -0.2) is 0 Å². The summed E-state index contributed by atoms with van der Waals surface area (Å²) in [6.07, 6.45) is 30.5. The zero-order valence-corrected chi connectivity index (χ0v) is 28.3. The molecule has 1 saturated heterocycles. The van der Waals surface area contributed by atoms with Crippen LogP contribution in [0.4, 0.5) is 0 Å². The first kappa shape index (κ1) is 33.8. The highest BCUT2D eigenvalue weighted by molar-refractivity contribution is 5.77. The maximum Gasteiger partial charge on any atom is 0.220 e. The second-order valence-electron chi connectivity index (χ2n) is 15.9. The summed E-state index contributed by atoms with van der Waals surface area (Å²) < 4.78 is 0. The van der Waals surface area contributed by atoms with Gasteiger partial charge >= 0.3 is 0 Å². The fourth-order valence-electron chi connectivity index (χ4n) is 10.6. The van der Waals surface area contributed by atoms with Crippen molar-refractivity contribution in [3.05, 3.63) is 0 Å². The van der Waals surface area contributed by atoms with E-state index in [0.29, 0.717) is 30.2 Å². The Bertz CT molecular complexity index is 843. The van der Waals surface area contributed by atoms with Crippen molar-refractivity contribution < 1.29 is 9.59 Å². The monoisotopic (exact) mass is 585 g/mol. The molecule has 8 atom stereocenters. The number of hydrogen-bond donors (Lipinski definition) is 2. The van der Waals surface area contributed by atoms with Crippen molar-refractivity contribution in [2.45, 2.75) is 194 Å². The van der Waals surface area contributed by atoms with Crippen molar-refractivity contribution in [1.82, 2.24) is 10.6 Å². The number of hydrogen-bond acceptors (Lipinski definition) is 2. The van der Waals surface area contributed by atoms with Crippen molar-refractivity contribution in [2.24, 2.45) is 34.5 Å². The predicted molar refractivity (Wildman–Crippen MR) is 176 cm³/mol. The SMILES string of the molecule is CCCCCCCCCCCCCCCCCC(=O)NC(C)[C@H]1CC[C@H]2[C@@H]3CCC4NC(=O)CC[C@]4(C)[C@H]3CC[C@]12C. The minimum Gasteiger partial charge on any atom is -0.353 e. The smallest absolute Gasteiger partial charge is 0.220 e. The molecular weight excluding hydrogens is 516 g/mol. The van der Waals surface area contributed by atoms with Crippen molar-refractivity contribution in [2.75, 3.05) is 0 Å². The molecule has 3 saturated carbocycles. The molecule has 3 aliphatic carbocycles. The standard InChI is InChI=1S/C38H68N2O2/c1-5-6-7-8-9-10-11-12-13-14-15-16-17-18-19-20-35(41)39-29(2)31-22-23-32-30-21-24-34-38(4,28-26-36(42)40-34)33(30)25-27-37(31,32)3/h29-34H,5-28H2,1-4H3,(H,39,41)(H,40,42)/t29?,30-,31+,32-,33-,34?,37+,38+/m0/s1. The van der Waals surface area contributed by atoms with Crippen molar-refractivity contribution in [3.8, 4) is 0 Å². The molecule has 0 spiro atoms. The topological polar surface area (TPSA) is 58.2 Å². The molecule has 0 bridgehead atoms. The van der Waals surface area contributed by atoms with E-state index < -0.39 is 0 Å². The minimum atomic E-state index is 0.270. The average Bonchev–Trinajstić information content (AvgIpc) is 3.33. The second kappa shape index (κ2) is 16.3. The van der Waals surface area contributed by atoms with Gasteiger partial charge in [-0.2, -0.15) is 0 Å². The number of rotatable bonds is 18. The Balaban J connectivity index is 1.08. The van der Waals surface area contributed by atoms with Crippen LogP contribution in [0.25, 0.3) is 0 Å². The third kappa shape index (κ3) is 8.35.